The van der Waals surface area contributed by atoms with E-state index in [1.54, 1.807) is 30.9 Å². The average molecular weight is 937 g/mol. The molecule has 8 aromatic rings. The summed E-state index contributed by atoms with van der Waals surface area (Å²) in [5.74, 6) is 2.79. The van der Waals surface area contributed by atoms with Gasteiger partial charge in [0.1, 0.15) is 0 Å². The van der Waals surface area contributed by atoms with Gasteiger partial charge in [-0.1, -0.05) is 86.3 Å². The van der Waals surface area contributed by atoms with E-state index in [2.05, 4.69) is 70.2 Å². The van der Waals surface area contributed by atoms with Crippen LogP contribution in [0.3, 0.4) is 0 Å². The number of benzene rings is 4. The zero-order chi connectivity index (χ0) is 33.5. The van der Waals surface area contributed by atoms with Gasteiger partial charge >= 0.3 is 41.5 Å². The number of hydrogen-bond acceptors (Lipinski definition) is 6. The predicted octanol–water partition coefficient (Wildman–Crippen LogP) is 9.71. The van der Waals surface area contributed by atoms with Crippen LogP contribution in [0.5, 0.6) is 23.0 Å². The van der Waals surface area contributed by atoms with Crippen molar-refractivity contribution in [3.8, 4) is 51.5 Å². The van der Waals surface area contributed by atoms with Gasteiger partial charge in [-0.05, 0) is 29.6 Å². The first-order chi connectivity index (χ1) is 23.9. The van der Waals surface area contributed by atoms with Crippen molar-refractivity contribution in [2.45, 2.75) is 27.7 Å². The molecule has 0 N–H and O–H groups in total. The molecule has 0 saturated carbocycles. The Hall–Kier alpha value is -4.99. The fraction of sp³-hybridized carbons (Fsp3) is 0.0952. The van der Waals surface area contributed by atoms with E-state index >= 15 is 0 Å². The minimum absolute atomic E-state index is 0. The molecule has 51 heavy (non-hydrogen) atoms. The maximum Gasteiger partial charge on any atom is 2.00 e. The first kappa shape index (κ1) is 35.8. The molecule has 254 valence electrons. The van der Waals surface area contributed by atoms with E-state index in [-0.39, 0.29) is 41.5 Å². The SMILES string of the molecule is Cc1cc(-c2ccccn2)[c-]c(Oc2[c-]c3c(cc2)c2ccc(Oc4[c-]c(-c5ccccn5)cc(C)c4C)[c-]c2n3-c2ncccn2)c1C.[Pd+2].[Pt+2]. The fourth-order valence-corrected chi connectivity index (χ4v) is 5.81. The van der Waals surface area contributed by atoms with E-state index in [1.807, 2.05) is 79.1 Å². The molecule has 4 aromatic heterocycles. The third kappa shape index (κ3) is 7.01. The molecule has 0 amide bonds. The monoisotopic (exact) mass is 936 g/mol. The molecule has 0 unspecified atom stereocenters. The van der Waals surface area contributed by atoms with E-state index in [0.29, 0.717) is 28.9 Å². The average Bonchev–Trinajstić information content (AvgIpc) is 3.45. The zero-order valence-corrected chi connectivity index (χ0v) is 31.8. The molecule has 0 radical (unpaired) electrons. The first-order valence-corrected chi connectivity index (χ1v) is 15.9. The summed E-state index contributed by atoms with van der Waals surface area (Å²) in [4.78, 5) is 18.2. The van der Waals surface area contributed by atoms with E-state index in [4.69, 9.17) is 9.47 Å². The van der Waals surface area contributed by atoms with E-state index < -0.39 is 0 Å². The third-order valence-corrected chi connectivity index (χ3v) is 8.67. The number of rotatable bonds is 7. The van der Waals surface area contributed by atoms with Crippen LogP contribution in [0.1, 0.15) is 22.3 Å². The molecule has 0 atom stereocenters. The van der Waals surface area contributed by atoms with Crippen LogP contribution >= 0.6 is 0 Å². The largest absolute Gasteiger partial charge is 2.00 e. The van der Waals surface area contributed by atoms with E-state index in [0.717, 1.165) is 66.6 Å². The number of pyridine rings is 2. The summed E-state index contributed by atoms with van der Waals surface area (Å²) in [6, 6.07) is 39.3. The van der Waals surface area contributed by atoms with Crippen LogP contribution in [-0.4, -0.2) is 24.5 Å². The Kier molecular flexibility index (Phi) is 10.6. The van der Waals surface area contributed by atoms with Crippen LogP contribution in [0.4, 0.5) is 0 Å². The molecule has 0 aliphatic heterocycles. The summed E-state index contributed by atoms with van der Waals surface area (Å²) >= 11 is 0. The molecule has 0 fully saturated rings. The van der Waals surface area contributed by atoms with Crippen molar-refractivity contribution in [3.63, 3.8) is 0 Å². The van der Waals surface area contributed by atoms with Gasteiger partial charge in [0.05, 0.1) is 0 Å². The maximum atomic E-state index is 6.48. The van der Waals surface area contributed by atoms with Gasteiger partial charge in [0.2, 0.25) is 5.95 Å². The van der Waals surface area contributed by atoms with Gasteiger partial charge in [-0.15, -0.1) is 58.7 Å². The third-order valence-electron chi connectivity index (χ3n) is 8.67. The molecule has 0 spiro atoms. The summed E-state index contributed by atoms with van der Waals surface area (Å²) in [7, 11) is 0. The van der Waals surface area contributed by atoms with Crippen LogP contribution in [0.15, 0.2) is 104 Å². The molecule has 0 saturated heterocycles. The second-order valence-electron chi connectivity index (χ2n) is 11.8. The van der Waals surface area contributed by atoms with E-state index in [1.165, 1.54) is 0 Å². The first-order valence-electron chi connectivity index (χ1n) is 15.9. The molecule has 0 bridgehead atoms. The fourth-order valence-electron chi connectivity index (χ4n) is 5.81. The normalized spacial score (nSPS) is 10.8. The van der Waals surface area contributed by atoms with Crippen molar-refractivity contribution < 1.29 is 51.0 Å². The second-order valence-corrected chi connectivity index (χ2v) is 11.8. The van der Waals surface area contributed by atoms with E-state index in [9.17, 15) is 0 Å². The van der Waals surface area contributed by atoms with Crippen LogP contribution in [0.2, 0.25) is 0 Å². The second kappa shape index (κ2) is 15.1. The number of hydrogen-bond donors (Lipinski definition) is 0. The molecule has 4 heterocycles. The summed E-state index contributed by atoms with van der Waals surface area (Å²) in [6.07, 6.45) is 6.99. The molecular weight excluding hydrogens is 908 g/mol. The Morgan fingerprint density at radius 3 is 1.41 bits per heavy atom. The molecule has 0 aliphatic rings. The summed E-state index contributed by atoms with van der Waals surface area (Å²) < 4.78 is 14.9. The van der Waals surface area contributed by atoms with Crippen molar-refractivity contribution >= 4 is 21.8 Å². The topological polar surface area (TPSA) is 75.0 Å². The van der Waals surface area contributed by atoms with Crippen molar-refractivity contribution in [1.29, 1.82) is 0 Å². The van der Waals surface area contributed by atoms with Crippen LogP contribution in [0.25, 0.3) is 50.3 Å². The quantitative estimate of drug-likeness (QED) is 0.117. The van der Waals surface area contributed by atoms with Gasteiger partial charge in [-0.2, -0.15) is 22.9 Å². The van der Waals surface area contributed by atoms with Crippen LogP contribution in [-0.2, 0) is 41.5 Å². The number of nitrogens with zero attached hydrogens (tertiary/aromatic N) is 5. The van der Waals surface area contributed by atoms with Gasteiger partial charge in [0, 0.05) is 47.8 Å². The van der Waals surface area contributed by atoms with Crippen LogP contribution in [0, 0.1) is 52.0 Å². The van der Waals surface area contributed by atoms with Gasteiger partial charge in [-0.25, -0.2) is 9.97 Å². The van der Waals surface area contributed by atoms with Gasteiger partial charge in [0.15, 0.2) is 0 Å². The Morgan fingerprint density at radius 2 is 0.980 bits per heavy atom. The Morgan fingerprint density at radius 1 is 0.529 bits per heavy atom. The van der Waals surface area contributed by atoms with Gasteiger partial charge < -0.3 is 24.0 Å². The Labute approximate surface area is 324 Å². The summed E-state index contributed by atoms with van der Waals surface area (Å²) in [6.45, 7) is 8.18. The molecule has 9 heteroatoms. The zero-order valence-electron chi connectivity index (χ0n) is 28.0. The van der Waals surface area contributed by atoms with Crippen molar-refractivity contribution in [1.82, 2.24) is 24.5 Å². The number of ether oxygens (including phenoxy) is 2. The minimum atomic E-state index is 0. The van der Waals surface area contributed by atoms with Crippen LogP contribution < -0.4 is 9.47 Å². The summed E-state index contributed by atoms with van der Waals surface area (Å²) in [5.41, 5.74) is 9.03. The number of aryl methyl sites for hydroxylation is 2. The Balaban J connectivity index is 0.00000224. The van der Waals surface area contributed by atoms with Crippen molar-refractivity contribution in [3.05, 3.63) is 150 Å². The molecule has 8 rings (SSSR count). The number of aromatic nitrogens is 5. The smallest absolute Gasteiger partial charge is 0.503 e. The van der Waals surface area contributed by atoms with Crippen molar-refractivity contribution in [2.75, 3.05) is 0 Å². The predicted molar refractivity (Wildman–Crippen MR) is 190 cm³/mol. The molecular formula is C42H29N5O2PdPt. The molecule has 4 aromatic carbocycles. The Bertz CT molecular complexity index is 2340. The van der Waals surface area contributed by atoms with Gasteiger partial charge in [0.25, 0.3) is 0 Å². The molecule has 0 aliphatic carbocycles. The van der Waals surface area contributed by atoms with Crippen molar-refractivity contribution in [2.24, 2.45) is 0 Å². The number of fused-ring (bicyclic) bond motifs is 3. The minimum Gasteiger partial charge on any atom is -0.503 e. The molecule has 7 nitrogen and oxygen atoms in total. The maximum absolute atomic E-state index is 6.48. The van der Waals surface area contributed by atoms with Gasteiger partial charge in [-0.3, -0.25) is 0 Å². The summed E-state index contributed by atoms with van der Waals surface area (Å²) in [5, 5.41) is 1.90. The standard InChI is InChI=1S/C42H29N5O2.Pd.Pt/c1-26-20-30(36-10-5-7-16-43-36)22-40(28(26)3)48-32-12-14-34-35-15-13-33(25-39(35)47(38(34)24-32)42-45-18-9-19-46-42)49-41-23-31(21-27(2)29(41)4)37-11-6-8-17-44-37;;/h5-21H,1-4H3;;/q-4;2*+2.